The number of aromatic nitrogens is 3. The van der Waals surface area contributed by atoms with Gasteiger partial charge in [-0.25, -0.2) is 0 Å². The van der Waals surface area contributed by atoms with E-state index in [1.165, 1.54) is 70.6 Å². The van der Waals surface area contributed by atoms with Crippen LogP contribution in [0, 0.1) is 0 Å². The Bertz CT molecular complexity index is 399. The summed E-state index contributed by atoms with van der Waals surface area (Å²) in [5.41, 5.74) is 0. The fourth-order valence-electron chi connectivity index (χ4n) is 2.97. The van der Waals surface area contributed by atoms with Gasteiger partial charge in [-0.05, 0) is 19.3 Å². The van der Waals surface area contributed by atoms with Crippen LogP contribution in [0.4, 0.5) is 0 Å². The number of rotatable bonds is 12. The van der Waals surface area contributed by atoms with Crippen LogP contribution in [0.1, 0.15) is 95.2 Å². The lowest BCUT2D eigenvalue weighted by atomic mass is 10.1. The van der Waals surface area contributed by atoms with Crippen molar-refractivity contribution in [1.29, 1.82) is 0 Å². The summed E-state index contributed by atoms with van der Waals surface area (Å²) in [6, 6.07) is 0.641. The Morgan fingerprint density at radius 3 is 2.05 bits per heavy atom. The van der Waals surface area contributed by atoms with Gasteiger partial charge in [0.2, 0.25) is 0 Å². The summed E-state index contributed by atoms with van der Waals surface area (Å²) in [6.45, 7) is 2.27. The third-order valence-corrected chi connectivity index (χ3v) is 4.61. The third kappa shape index (κ3) is 5.61. The van der Waals surface area contributed by atoms with Crippen LogP contribution < -0.4 is 0 Å². The Kier molecular flexibility index (Phi) is 7.56. The Morgan fingerprint density at radius 1 is 0.905 bits per heavy atom. The maximum atomic E-state index is 5.95. The van der Waals surface area contributed by atoms with Crippen molar-refractivity contribution < 1.29 is 0 Å². The maximum absolute atomic E-state index is 5.95. The minimum absolute atomic E-state index is 0.487. The zero-order valence-corrected chi connectivity index (χ0v) is 14.2. The van der Waals surface area contributed by atoms with Crippen LogP contribution in [-0.4, -0.2) is 14.8 Å². The summed E-state index contributed by atoms with van der Waals surface area (Å²) >= 11 is 5.95. The molecule has 1 aliphatic rings. The van der Waals surface area contributed by atoms with Crippen LogP contribution in [-0.2, 0) is 12.3 Å². The molecule has 1 heterocycles. The van der Waals surface area contributed by atoms with E-state index in [1.54, 1.807) is 0 Å². The van der Waals surface area contributed by atoms with Gasteiger partial charge in [-0.15, -0.1) is 21.8 Å². The molecule has 1 aliphatic carbocycles. The number of aryl methyl sites for hydroxylation is 1. The van der Waals surface area contributed by atoms with E-state index in [1.807, 2.05) is 0 Å². The molecule has 1 aromatic rings. The van der Waals surface area contributed by atoms with E-state index < -0.39 is 0 Å². The topological polar surface area (TPSA) is 30.7 Å². The van der Waals surface area contributed by atoms with Crippen LogP contribution in [0.2, 0.25) is 0 Å². The molecular formula is C17H30ClN3. The number of halogens is 1. The van der Waals surface area contributed by atoms with Crippen LogP contribution in [0.3, 0.4) is 0 Å². The molecule has 1 saturated carbocycles. The lowest BCUT2D eigenvalue weighted by molar-refractivity contribution is 0.555. The second-order valence-electron chi connectivity index (χ2n) is 6.35. The van der Waals surface area contributed by atoms with Crippen molar-refractivity contribution >= 4 is 11.6 Å². The molecule has 3 nitrogen and oxygen atoms in total. The Balaban J connectivity index is 1.58. The lowest BCUT2D eigenvalue weighted by Gasteiger charge is -2.07. The van der Waals surface area contributed by atoms with Gasteiger partial charge in [0.15, 0.2) is 0 Å². The zero-order valence-electron chi connectivity index (χ0n) is 13.5. The first-order valence-corrected chi connectivity index (χ1v) is 9.39. The summed E-state index contributed by atoms with van der Waals surface area (Å²) in [6.07, 6.45) is 15.9. The predicted molar refractivity (Wildman–Crippen MR) is 88.8 cm³/mol. The van der Waals surface area contributed by atoms with E-state index in [0.29, 0.717) is 11.9 Å². The summed E-state index contributed by atoms with van der Waals surface area (Å²) < 4.78 is 2.30. The SMILES string of the molecule is CCCCCCCCCCCc1nnc(CCl)n1C1CC1. The zero-order chi connectivity index (χ0) is 14.9. The van der Waals surface area contributed by atoms with E-state index in [4.69, 9.17) is 11.6 Å². The third-order valence-electron chi connectivity index (χ3n) is 4.37. The van der Waals surface area contributed by atoms with Crippen LogP contribution in [0.25, 0.3) is 0 Å². The summed E-state index contributed by atoms with van der Waals surface area (Å²) in [5, 5.41) is 8.58. The van der Waals surface area contributed by atoms with Crippen molar-refractivity contribution in [2.45, 2.75) is 95.9 Å². The van der Waals surface area contributed by atoms with Gasteiger partial charge < -0.3 is 4.57 Å². The largest absolute Gasteiger partial charge is 0.311 e. The van der Waals surface area contributed by atoms with Gasteiger partial charge in [0.05, 0.1) is 5.88 Å². The standard InChI is InChI=1S/C17H30ClN3/c1-2-3-4-5-6-7-8-9-10-11-16-19-20-17(14-18)21(16)15-12-13-15/h15H,2-14H2,1H3. The van der Waals surface area contributed by atoms with Crippen molar-refractivity contribution in [3.8, 4) is 0 Å². The molecule has 0 amide bonds. The molecule has 0 aliphatic heterocycles. The van der Waals surface area contributed by atoms with Gasteiger partial charge in [-0.2, -0.15) is 0 Å². The smallest absolute Gasteiger partial charge is 0.148 e. The van der Waals surface area contributed by atoms with Crippen LogP contribution in [0.5, 0.6) is 0 Å². The number of unbranched alkanes of at least 4 members (excludes halogenated alkanes) is 8. The molecule has 2 rings (SSSR count). The van der Waals surface area contributed by atoms with Crippen molar-refractivity contribution in [3.05, 3.63) is 11.6 Å². The van der Waals surface area contributed by atoms with E-state index in [0.717, 1.165) is 18.1 Å². The van der Waals surface area contributed by atoms with Gasteiger partial charge in [0, 0.05) is 12.5 Å². The second kappa shape index (κ2) is 9.45. The average Bonchev–Trinajstić information content (AvgIpc) is 3.26. The fraction of sp³-hybridized carbons (Fsp3) is 0.882. The molecule has 0 unspecified atom stereocenters. The maximum Gasteiger partial charge on any atom is 0.148 e. The molecular weight excluding hydrogens is 282 g/mol. The fourth-order valence-corrected chi connectivity index (χ4v) is 3.15. The normalized spacial score (nSPS) is 14.8. The van der Waals surface area contributed by atoms with Gasteiger partial charge in [0.1, 0.15) is 11.6 Å². The lowest BCUT2D eigenvalue weighted by Crippen LogP contribution is -2.05. The molecule has 0 aromatic carbocycles. The van der Waals surface area contributed by atoms with Gasteiger partial charge in [0.25, 0.3) is 0 Å². The predicted octanol–water partition coefficient (Wildman–Crippen LogP) is 5.43. The number of hydrogen-bond acceptors (Lipinski definition) is 2. The molecule has 0 atom stereocenters. The molecule has 120 valence electrons. The highest BCUT2D eigenvalue weighted by atomic mass is 35.5. The van der Waals surface area contributed by atoms with E-state index in [9.17, 15) is 0 Å². The highest BCUT2D eigenvalue weighted by Gasteiger charge is 2.28. The number of alkyl halides is 1. The van der Waals surface area contributed by atoms with Crippen molar-refractivity contribution in [2.24, 2.45) is 0 Å². The van der Waals surface area contributed by atoms with Crippen molar-refractivity contribution in [1.82, 2.24) is 14.8 Å². The van der Waals surface area contributed by atoms with E-state index >= 15 is 0 Å². The van der Waals surface area contributed by atoms with Crippen LogP contribution in [0.15, 0.2) is 0 Å². The molecule has 0 saturated heterocycles. The second-order valence-corrected chi connectivity index (χ2v) is 6.61. The van der Waals surface area contributed by atoms with Crippen LogP contribution >= 0.6 is 11.6 Å². The highest BCUT2D eigenvalue weighted by molar-refractivity contribution is 6.16. The summed E-state index contributed by atoms with van der Waals surface area (Å²) in [4.78, 5) is 0. The Morgan fingerprint density at radius 2 is 1.48 bits per heavy atom. The van der Waals surface area contributed by atoms with Crippen molar-refractivity contribution in [2.75, 3.05) is 0 Å². The summed E-state index contributed by atoms with van der Waals surface area (Å²) in [7, 11) is 0. The van der Waals surface area contributed by atoms with E-state index in [2.05, 4.69) is 21.7 Å². The Labute approximate surface area is 134 Å². The quantitative estimate of drug-likeness (QED) is 0.381. The first kappa shape index (κ1) is 16.8. The molecule has 4 heteroatoms. The minimum Gasteiger partial charge on any atom is -0.311 e. The molecule has 0 bridgehead atoms. The molecule has 0 radical (unpaired) electrons. The monoisotopic (exact) mass is 311 g/mol. The van der Waals surface area contributed by atoms with Gasteiger partial charge in [-0.1, -0.05) is 58.3 Å². The molecule has 21 heavy (non-hydrogen) atoms. The van der Waals surface area contributed by atoms with Crippen molar-refractivity contribution in [3.63, 3.8) is 0 Å². The Hall–Kier alpha value is -0.570. The van der Waals surface area contributed by atoms with Gasteiger partial charge >= 0.3 is 0 Å². The molecule has 0 N–H and O–H groups in total. The molecule has 0 spiro atoms. The highest BCUT2D eigenvalue weighted by Crippen LogP contribution is 2.37. The first-order valence-electron chi connectivity index (χ1n) is 8.85. The van der Waals surface area contributed by atoms with E-state index in [-0.39, 0.29) is 0 Å². The molecule has 1 aromatic heterocycles. The number of hydrogen-bond donors (Lipinski definition) is 0. The molecule has 1 fully saturated rings. The summed E-state index contributed by atoms with van der Waals surface area (Å²) in [5.74, 6) is 2.61. The first-order chi connectivity index (χ1) is 10.4. The van der Waals surface area contributed by atoms with Gasteiger partial charge in [-0.3, -0.25) is 0 Å². The minimum atomic E-state index is 0.487. The average molecular weight is 312 g/mol. The number of nitrogens with zero attached hydrogens (tertiary/aromatic N) is 3.